The molecule has 0 saturated carbocycles. The fraction of sp³-hybridized carbons (Fsp3) is 0.538. The maximum Gasteiger partial charge on any atom is 0.155 e. The lowest BCUT2D eigenvalue weighted by Crippen LogP contribution is -2.38. The maximum atomic E-state index is 11.8. The Morgan fingerprint density at radius 3 is 2.20 bits per heavy atom. The topological polar surface area (TPSA) is 72.8 Å². The van der Waals surface area contributed by atoms with Crippen molar-refractivity contribution in [1.29, 1.82) is 0 Å². The zero-order valence-electron chi connectivity index (χ0n) is 12.1. The first kappa shape index (κ1) is 17.1. The Kier molecular flexibility index (Phi) is 4.94. The number of sulfone groups is 1. The summed E-state index contributed by atoms with van der Waals surface area (Å²) in [5.41, 5.74) is 0.300. The first-order valence-corrected chi connectivity index (χ1v) is 8.13. The molecule has 0 amide bonds. The fourth-order valence-electron chi connectivity index (χ4n) is 1.71. The molecule has 0 aromatic heterocycles. The molecule has 1 rings (SSSR count). The van der Waals surface area contributed by atoms with Crippen LogP contribution in [0.15, 0.2) is 12.1 Å². The van der Waals surface area contributed by atoms with Crippen LogP contribution in [-0.2, 0) is 9.84 Å². The SMILES string of the molecule is COc1ccc(C(O)C(C)(C)S(C)(=O)=O)c(OC)c1Cl. The monoisotopic (exact) mass is 322 g/mol. The highest BCUT2D eigenvalue weighted by Crippen LogP contribution is 2.43. The second-order valence-corrected chi connectivity index (χ2v) is 7.96. The molecule has 5 nitrogen and oxygen atoms in total. The summed E-state index contributed by atoms with van der Waals surface area (Å²) in [6.45, 7) is 2.90. The molecule has 0 bridgehead atoms. The highest BCUT2D eigenvalue weighted by molar-refractivity contribution is 7.92. The van der Waals surface area contributed by atoms with Crippen LogP contribution in [0, 0.1) is 0 Å². The van der Waals surface area contributed by atoms with Crippen LogP contribution in [0.25, 0.3) is 0 Å². The zero-order chi connectivity index (χ0) is 15.7. The lowest BCUT2D eigenvalue weighted by molar-refractivity contribution is 0.136. The summed E-state index contributed by atoms with van der Waals surface area (Å²) in [5, 5.41) is 10.6. The molecule has 7 heteroatoms. The zero-order valence-corrected chi connectivity index (χ0v) is 13.7. The number of hydrogen-bond donors (Lipinski definition) is 1. The predicted molar refractivity (Wildman–Crippen MR) is 78.4 cm³/mol. The summed E-state index contributed by atoms with van der Waals surface area (Å²) in [5.74, 6) is 0.590. The van der Waals surface area contributed by atoms with Crippen LogP contribution in [0.4, 0.5) is 0 Å². The van der Waals surface area contributed by atoms with Crippen LogP contribution in [0.1, 0.15) is 25.5 Å². The Bertz CT molecular complexity index is 595. The van der Waals surface area contributed by atoms with Gasteiger partial charge in [0.1, 0.15) is 22.6 Å². The van der Waals surface area contributed by atoms with Gasteiger partial charge in [-0.25, -0.2) is 8.42 Å². The van der Waals surface area contributed by atoms with Crippen molar-refractivity contribution in [2.24, 2.45) is 0 Å². The van der Waals surface area contributed by atoms with Crippen LogP contribution >= 0.6 is 11.6 Å². The molecule has 1 aromatic carbocycles. The Hall–Kier alpha value is -0.980. The van der Waals surface area contributed by atoms with E-state index in [0.717, 1.165) is 6.26 Å². The highest BCUT2D eigenvalue weighted by Gasteiger charge is 2.40. The van der Waals surface area contributed by atoms with E-state index in [4.69, 9.17) is 21.1 Å². The molecule has 1 aromatic rings. The molecule has 0 aliphatic heterocycles. The Labute approximate surface area is 124 Å². The van der Waals surface area contributed by atoms with E-state index < -0.39 is 20.7 Å². The van der Waals surface area contributed by atoms with E-state index in [9.17, 15) is 13.5 Å². The third-order valence-corrected chi connectivity index (χ3v) is 5.92. The van der Waals surface area contributed by atoms with Crippen LogP contribution in [0.3, 0.4) is 0 Å². The van der Waals surface area contributed by atoms with Crippen molar-refractivity contribution in [3.8, 4) is 11.5 Å². The summed E-state index contributed by atoms with van der Waals surface area (Å²) in [6, 6.07) is 3.10. The molecule has 1 N–H and O–H groups in total. The molecular formula is C13H19ClO5S. The van der Waals surface area contributed by atoms with Gasteiger partial charge in [0.05, 0.1) is 19.0 Å². The number of hydrogen-bond acceptors (Lipinski definition) is 5. The normalized spacial score (nSPS) is 13.9. The summed E-state index contributed by atoms with van der Waals surface area (Å²) in [4.78, 5) is 0. The van der Waals surface area contributed by atoms with Gasteiger partial charge in [-0.05, 0) is 26.0 Å². The maximum absolute atomic E-state index is 11.8. The molecule has 1 unspecified atom stereocenters. The van der Waals surface area contributed by atoms with Gasteiger partial charge in [-0.3, -0.25) is 0 Å². The lowest BCUT2D eigenvalue weighted by atomic mass is 9.97. The third kappa shape index (κ3) is 2.87. The van der Waals surface area contributed by atoms with E-state index >= 15 is 0 Å². The van der Waals surface area contributed by atoms with Gasteiger partial charge in [-0.2, -0.15) is 0 Å². The van der Waals surface area contributed by atoms with Gasteiger partial charge in [0, 0.05) is 11.8 Å². The number of aliphatic hydroxyl groups is 1. The predicted octanol–water partition coefficient (Wildman–Crippen LogP) is 2.21. The molecule has 1 atom stereocenters. The molecule has 20 heavy (non-hydrogen) atoms. The number of benzene rings is 1. The van der Waals surface area contributed by atoms with Gasteiger partial charge < -0.3 is 14.6 Å². The summed E-state index contributed by atoms with van der Waals surface area (Å²) in [7, 11) is -0.634. The van der Waals surface area contributed by atoms with E-state index in [0.29, 0.717) is 11.3 Å². The van der Waals surface area contributed by atoms with Crippen LogP contribution < -0.4 is 9.47 Å². The molecule has 0 radical (unpaired) electrons. The molecule has 0 aliphatic rings. The summed E-state index contributed by atoms with van der Waals surface area (Å²) >= 11 is 6.11. The van der Waals surface area contributed by atoms with Crippen LogP contribution in [0.5, 0.6) is 11.5 Å². The molecular weight excluding hydrogens is 304 g/mol. The summed E-state index contributed by atoms with van der Waals surface area (Å²) < 4.78 is 32.5. The van der Waals surface area contributed by atoms with Gasteiger partial charge in [0.25, 0.3) is 0 Å². The first-order valence-electron chi connectivity index (χ1n) is 5.86. The second kappa shape index (κ2) is 5.79. The molecule has 0 saturated heterocycles. The van der Waals surface area contributed by atoms with Crippen molar-refractivity contribution >= 4 is 21.4 Å². The Morgan fingerprint density at radius 2 is 1.80 bits per heavy atom. The van der Waals surface area contributed by atoms with E-state index in [1.807, 2.05) is 0 Å². The van der Waals surface area contributed by atoms with Crippen molar-refractivity contribution in [2.75, 3.05) is 20.5 Å². The van der Waals surface area contributed by atoms with Gasteiger partial charge in [0.15, 0.2) is 9.84 Å². The fourth-order valence-corrected chi connectivity index (χ4v) is 2.57. The van der Waals surface area contributed by atoms with E-state index in [1.165, 1.54) is 28.1 Å². The largest absolute Gasteiger partial charge is 0.495 e. The molecule has 0 spiro atoms. The third-order valence-electron chi connectivity index (χ3n) is 3.42. The smallest absolute Gasteiger partial charge is 0.155 e. The minimum absolute atomic E-state index is 0.191. The second-order valence-electron chi connectivity index (χ2n) is 4.98. The van der Waals surface area contributed by atoms with Crippen molar-refractivity contribution in [2.45, 2.75) is 24.7 Å². The molecule has 114 valence electrons. The summed E-state index contributed by atoms with van der Waals surface area (Å²) in [6.07, 6.45) is -0.204. The van der Waals surface area contributed by atoms with Crippen molar-refractivity contribution < 1.29 is 23.0 Å². The standard InChI is InChI=1S/C13H19ClO5S/c1-13(2,20(5,16)17)12(15)8-6-7-9(18-3)10(14)11(8)19-4/h6-7,12,15H,1-5H3. The number of halogens is 1. The van der Waals surface area contributed by atoms with E-state index in [-0.39, 0.29) is 10.8 Å². The number of rotatable bonds is 5. The first-order chi connectivity index (χ1) is 9.07. The quantitative estimate of drug-likeness (QED) is 0.899. The van der Waals surface area contributed by atoms with Crippen LogP contribution in [0.2, 0.25) is 5.02 Å². The van der Waals surface area contributed by atoms with E-state index in [2.05, 4.69) is 0 Å². The highest BCUT2D eigenvalue weighted by atomic mass is 35.5. The van der Waals surface area contributed by atoms with E-state index in [1.54, 1.807) is 12.1 Å². The number of methoxy groups -OCH3 is 2. The Morgan fingerprint density at radius 1 is 1.25 bits per heavy atom. The van der Waals surface area contributed by atoms with Crippen molar-refractivity contribution in [1.82, 2.24) is 0 Å². The number of ether oxygens (including phenoxy) is 2. The molecule has 0 heterocycles. The number of aliphatic hydroxyl groups excluding tert-OH is 1. The van der Waals surface area contributed by atoms with Crippen molar-refractivity contribution in [3.05, 3.63) is 22.7 Å². The van der Waals surface area contributed by atoms with Gasteiger partial charge in [0.2, 0.25) is 0 Å². The Balaban J connectivity index is 3.45. The minimum atomic E-state index is -3.48. The van der Waals surface area contributed by atoms with Crippen molar-refractivity contribution in [3.63, 3.8) is 0 Å². The molecule has 0 fully saturated rings. The van der Waals surface area contributed by atoms with Crippen LogP contribution in [-0.4, -0.2) is 38.7 Å². The lowest BCUT2D eigenvalue weighted by Gasteiger charge is -2.30. The van der Waals surface area contributed by atoms with Gasteiger partial charge in [-0.15, -0.1) is 0 Å². The molecule has 0 aliphatic carbocycles. The van der Waals surface area contributed by atoms with Gasteiger partial charge in [-0.1, -0.05) is 11.6 Å². The van der Waals surface area contributed by atoms with Gasteiger partial charge >= 0.3 is 0 Å². The average Bonchev–Trinajstić information content (AvgIpc) is 2.36. The average molecular weight is 323 g/mol. The minimum Gasteiger partial charge on any atom is -0.495 e.